The number of hydrogen-bond acceptors (Lipinski definition) is 3. The van der Waals surface area contributed by atoms with Crippen molar-refractivity contribution >= 4 is 11.7 Å². The maximum absolute atomic E-state index is 12.0. The number of morpholine rings is 1. The van der Waals surface area contributed by atoms with Crippen molar-refractivity contribution in [3.8, 4) is 0 Å². The fourth-order valence-corrected chi connectivity index (χ4v) is 3.04. The number of ether oxygens (including phenoxy) is 1. The fraction of sp³-hybridized carbons (Fsp3) is 0.611. The summed E-state index contributed by atoms with van der Waals surface area (Å²) in [5, 5.41) is 6.06. The summed E-state index contributed by atoms with van der Waals surface area (Å²) in [7, 11) is 0. The quantitative estimate of drug-likeness (QED) is 0.878. The third-order valence-electron chi connectivity index (χ3n) is 4.80. The van der Waals surface area contributed by atoms with Gasteiger partial charge >= 0.3 is 6.03 Å². The van der Waals surface area contributed by atoms with Crippen LogP contribution in [0.25, 0.3) is 0 Å². The standard InChI is InChI=1S/C18H27N3O2/c1-13(15-3-4-15)19-18(22)20-14(2)16-5-7-17(8-6-16)21-9-11-23-12-10-21/h5-8,13-15H,3-4,9-12H2,1-2H3,(H2,19,20,22). The summed E-state index contributed by atoms with van der Waals surface area (Å²) in [5.74, 6) is 0.670. The lowest BCUT2D eigenvalue weighted by Gasteiger charge is -2.29. The summed E-state index contributed by atoms with van der Waals surface area (Å²) in [4.78, 5) is 14.4. The minimum Gasteiger partial charge on any atom is -0.378 e. The van der Waals surface area contributed by atoms with Gasteiger partial charge in [-0.2, -0.15) is 0 Å². The van der Waals surface area contributed by atoms with Crippen molar-refractivity contribution in [2.45, 2.75) is 38.8 Å². The van der Waals surface area contributed by atoms with E-state index in [2.05, 4.69) is 46.7 Å². The molecule has 1 aromatic rings. The van der Waals surface area contributed by atoms with E-state index in [1.54, 1.807) is 0 Å². The third-order valence-corrected chi connectivity index (χ3v) is 4.80. The van der Waals surface area contributed by atoms with E-state index in [1.807, 2.05) is 6.92 Å². The summed E-state index contributed by atoms with van der Waals surface area (Å²) < 4.78 is 5.38. The zero-order valence-electron chi connectivity index (χ0n) is 14.0. The van der Waals surface area contributed by atoms with E-state index in [4.69, 9.17) is 4.74 Å². The van der Waals surface area contributed by atoms with Crippen LogP contribution < -0.4 is 15.5 Å². The Morgan fingerprint density at radius 3 is 2.39 bits per heavy atom. The molecule has 0 radical (unpaired) electrons. The molecule has 126 valence electrons. The lowest BCUT2D eigenvalue weighted by Crippen LogP contribution is -2.42. The van der Waals surface area contributed by atoms with Gasteiger partial charge in [-0.3, -0.25) is 0 Å². The summed E-state index contributed by atoms with van der Waals surface area (Å²) in [6.07, 6.45) is 2.47. The van der Waals surface area contributed by atoms with Crippen molar-refractivity contribution in [2.24, 2.45) is 5.92 Å². The number of nitrogens with one attached hydrogen (secondary N) is 2. The van der Waals surface area contributed by atoms with Gasteiger partial charge in [0.2, 0.25) is 0 Å². The van der Waals surface area contributed by atoms with Crippen molar-refractivity contribution in [2.75, 3.05) is 31.2 Å². The number of nitrogens with zero attached hydrogens (tertiary/aromatic N) is 1. The van der Waals surface area contributed by atoms with Crippen LogP contribution in [-0.2, 0) is 4.74 Å². The molecule has 5 nitrogen and oxygen atoms in total. The van der Waals surface area contributed by atoms with Gasteiger partial charge in [0.1, 0.15) is 0 Å². The van der Waals surface area contributed by atoms with Crippen molar-refractivity contribution in [1.29, 1.82) is 0 Å². The molecule has 3 rings (SSSR count). The second-order valence-electron chi connectivity index (χ2n) is 6.66. The smallest absolute Gasteiger partial charge is 0.315 e. The average Bonchev–Trinajstić information content (AvgIpc) is 3.40. The number of hydrogen-bond donors (Lipinski definition) is 2. The Labute approximate surface area is 138 Å². The molecule has 0 bridgehead atoms. The number of carbonyl (C=O) groups excluding carboxylic acids is 1. The molecule has 0 spiro atoms. The van der Waals surface area contributed by atoms with Gasteiger partial charge in [0, 0.05) is 24.8 Å². The highest BCUT2D eigenvalue weighted by Gasteiger charge is 2.29. The van der Waals surface area contributed by atoms with Gasteiger partial charge in [-0.1, -0.05) is 12.1 Å². The lowest BCUT2D eigenvalue weighted by atomic mass is 10.1. The van der Waals surface area contributed by atoms with Crippen molar-refractivity contribution in [3.05, 3.63) is 29.8 Å². The number of anilines is 1. The van der Waals surface area contributed by atoms with Gasteiger partial charge in [-0.05, 0) is 50.3 Å². The summed E-state index contributed by atoms with van der Waals surface area (Å²) in [6.45, 7) is 7.56. The molecule has 2 fully saturated rings. The van der Waals surface area contributed by atoms with Crippen LogP contribution >= 0.6 is 0 Å². The molecule has 1 heterocycles. The van der Waals surface area contributed by atoms with Crippen LogP contribution in [0.3, 0.4) is 0 Å². The Bertz CT molecular complexity index is 522. The largest absolute Gasteiger partial charge is 0.378 e. The molecular formula is C18H27N3O2. The number of rotatable bonds is 5. The molecule has 1 saturated heterocycles. The molecule has 2 amide bonds. The number of carbonyl (C=O) groups is 1. The Morgan fingerprint density at radius 2 is 1.78 bits per heavy atom. The molecule has 1 saturated carbocycles. The summed E-state index contributed by atoms with van der Waals surface area (Å²) >= 11 is 0. The van der Waals surface area contributed by atoms with Crippen molar-refractivity contribution in [1.82, 2.24) is 10.6 Å². The zero-order valence-corrected chi connectivity index (χ0v) is 14.0. The third kappa shape index (κ3) is 4.38. The molecule has 2 aliphatic rings. The highest BCUT2D eigenvalue weighted by molar-refractivity contribution is 5.74. The van der Waals surface area contributed by atoms with E-state index in [0.29, 0.717) is 5.92 Å². The second kappa shape index (κ2) is 7.21. The Kier molecular flexibility index (Phi) is 5.06. The number of urea groups is 1. The zero-order chi connectivity index (χ0) is 16.2. The SMILES string of the molecule is CC(NC(=O)NC(C)C1CC1)c1ccc(N2CCOCC2)cc1. The molecular weight excluding hydrogens is 290 g/mol. The molecule has 1 aliphatic carbocycles. The topological polar surface area (TPSA) is 53.6 Å². The first kappa shape index (κ1) is 16.1. The molecule has 23 heavy (non-hydrogen) atoms. The fourth-order valence-electron chi connectivity index (χ4n) is 3.04. The first-order valence-corrected chi connectivity index (χ1v) is 8.63. The maximum Gasteiger partial charge on any atom is 0.315 e. The van der Waals surface area contributed by atoms with E-state index in [1.165, 1.54) is 18.5 Å². The average molecular weight is 317 g/mol. The minimum absolute atomic E-state index is 0.000132. The highest BCUT2D eigenvalue weighted by atomic mass is 16.5. The van der Waals surface area contributed by atoms with E-state index >= 15 is 0 Å². The Morgan fingerprint density at radius 1 is 1.13 bits per heavy atom. The first-order valence-electron chi connectivity index (χ1n) is 8.63. The maximum atomic E-state index is 12.0. The first-order chi connectivity index (χ1) is 11.1. The van der Waals surface area contributed by atoms with Crippen LogP contribution in [0.4, 0.5) is 10.5 Å². The van der Waals surface area contributed by atoms with Crippen LogP contribution in [0.2, 0.25) is 0 Å². The van der Waals surface area contributed by atoms with Gasteiger partial charge in [-0.15, -0.1) is 0 Å². The van der Waals surface area contributed by atoms with Gasteiger partial charge in [0.15, 0.2) is 0 Å². The summed E-state index contributed by atoms with van der Waals surface area (Å²) in [6, 6.07) is 8.65. The molecule has 2 N–H and O–H groups in total. The van der Waals surface area contributed by atoms with E-state index < -0.39 is 0 Å². The van der Waals surface area contributed by atoms with Crippen molar-refractivity contribution in [3.63, 3.8) is 0 Å². The van der Waals surface area contributed by atoms with Crippen LogP contribution in [0.5, 0.6) is 0 Å². The number of amides is 2. The monoisotopic (exact) mass is 317 g/mol. The minimum atomic E-state index is -0.0749. The van der Waals surface area contributed by atoms with Crippen molar-refractivity contribution < 1.29 is 9.53 Å². The molecule has 5 heteroatoms. The molecule has 2 unspecified atom stereocenters. The molecule has 1 aromatic carbocycles. The normalized spacial score (nSPS) is 20.7. The predicted octanol–water partition coefficient (Wildman–Crippen LogP) is 2.68. The van der Waals surface area contributed by atoms with Crippen LogP contribution in [0.15, 0.2) is 24.3 Å². The van der Waals surface area contributed by atoms with E-state index in [0.717, 1.165) is 31.9 Å². The van der Waals surface area contributed by atoms with Gasteiger partial charge in [-0.25, -0.2) is 4.79 Å². The van der Waals surface area contributed by atoms with Gasteiger partial charge in [0.05, 0.1) is 19.3 Å². The number of benzene rings is 1. The molecule has 2 atom stereocenters. The lowest BCUT2D eigenvalue weighted by molar-refractivity contribution is 0.122. The molecule has 0 aromatic heterocycles. The Hall–Kier alpha value is -1.75. The van der Waals surface area contributed by atoms with E-state index in [-0.39, 0.29) is 18.1 Å². The van der Waals surface area contributed by atoms with Crippen LogP contribution in [0, 0.1) is 5.92 Å². The predicted molar refractivity (Wildman–Crippen MR) is 91.7 cm³/mol. The van der Waals surface area contributed by atoms with Crippen LogP contribution in [-0.4, -0.2) is 38.4 Å². The summed E-state index contributed by atoms with van der Waals surface area (Å²) in [5.41, 5.74) is 2.34. The van der Waals surface area contributed by atoms with Crippen LogP contribution in [0.1, 0.15) is 38.3 Å². The molecule has 1 aliphatic heterocycles. The van der Waals surface area contributed by atoms with Gasteiger partial charge < -0.3 is 20.3 Å². The van der Waals surface area contributed by atoms with E-state index in [9.17, 15) is 4.79 Å². The highest BCUT2D eigenvalue weighted by Crippen LogP contribution is 2.32. The second-order valence-corrected chi connectivity index (χ2v) is 6.66. The Balaban J connectivity index is 1.52. The van der Waals surface area contributed by atoms with Gasteiger partial charge in [0.25, 0.3) is 0 Å².